The van der Waals surface area contributed by atoms with Crippen LogP contribution in [-0.4, -0.2) is 40.6 Å². The molecule has 0 spiro atoms. The molecule has 0 bridgehead atoms. The van der Waals surface area contributed by atoms with E-state index in [0.717, 1.165) is 35.5 Å². The van der Waals surface area contributed by atoms with E-state index in [0.29, 0.717) is 13.2 Å². The monoisotopic (exact) mass is 317 g/mol. The van der Waals surface area contributed by atoms with Crippen LogP contribution in [0.15, 0.2) is 22.7 Å². The van der Waals surface area contributed by atoms with Crippen LogP contribution in [0, 0.1) is 0 Å². The Morgan fingerprint density at radius 2 is 2.00 bits per heavy atom. The second kappa shape index (κ2) is 9.19. The number of rotatable bonds is 9. The number of hydrogen-bond donors (Lipinski definition) is 1. The van der Waals surface area contributed by atoms with Crippen molar-refractivity contribution in [2.45, 2.75) is 6.42 Å². The maximum Gasteiger partial charge on any atom is 0.133 e. The van der Waals surface area contributed by atoms with Gasteiger partial charge in [0.15, 0.2) is 0 Å². The summed E-state index contributed by atoms with van der Waals surface area (Å²) < 4.78 is 16.4. The van der Waals surface area contributed by atoms with Gasteiger partial charge < -0.3 is 19.5 Å². The summed E-state index contributed by atoms with van der Waals surface area (Å²) in [6, 6.07) is 5.93. The molecule has 0 atom stereocenters. The number of methoxy groups -OCH3 is 2. The highest BCUT2D eigenvalue weighted by atomic mass is 79.9. The number of ether oxygens (including phenoxy) is 3. The number of nitrogens with one attached hydrogen (secondary N) is 1. The van der Waals surface area contributed by atoms with Gasteiger partial charge in [-0.25, -0.2) is 0 Å². The van der Waals surface area contributed by atoms with Crippen LogP contribution in [0.25, 0.3) is 0 Å². The van der Waals surface area contributed by atoms with E-state index in [1.807, 2.05) is 18.2 Å². The predicted molar refractivity (Wildman–Crippen MR) is 76.5 cm³/mol. The normalized spacial score (nSPS) is 10.4. The predicted octanol–water partition coefficient (Wildman–Crippen LogP) is 2.92. The lowest BCUT2D eigenvalue weighted by molar-refractivity contribution is 0.0705. The minimum Gasteiger partial charge on any atom is -0.496 e. The summed E-state index contributed by atoms with van der Waals surface area (Å²) in [5.74, 6) is 0.837. The molecule has 0 unspecified atom stereocenters. The van der Waals surface area contributed by atoms with Gasteiger partial charge in [-0.15, -0.1) is 0 Å². The van der Waals surface area contributed by atoms with Crippen molar-refractivity contribution in [3.63, 3.8) is 0 Å². The average molecular weight is 318 g/mol. The van der Waals surface area contributed by atoms with E-state index in [2.05, 4.69) is 21.2 Å². The highest BCUT2D eigenvalue weighted by molar-refractivity contribution is 9.10. The Kier molecular flexibility index (Phi) is 7.80. The third-order valence-corrected chi connectivity index (χ3v) is 3.00. The summed E-state index contributed by atoms with van der Waals surface area (Å²) in [6.07, 6.45) is 0.966. The minimum atomic E-state index is 0.652. The van der Waals surface area contributed by atoms with Crippen LogP contribution in [0.3, 0.4) is 0 Å². The lowest BCUT2D eigenvalue weighted by atomic mass is 10.3. The molecule has 0 saturated heterocycles. The van der Waals surface area contributed by atoms with Crippen molar-refractivity contribution in [3.8, 4) is 5.75 Å². The summed E-state index contributed by atoms with van der Waals surface area (Å²) >= 11 is 3.45. The lowest BCUT2D eigenvalue weighted by Crippen LogP contribution is -2.08. The van der Waals surface area contributed by atoms with Gasteiger partial charge in [-0.2, -0.15) is 0 Å². The zero-order chi connectivity index (χ0) is 13.2. The van der Waals surface area contributed by atoms with Gasteiger partial charge in [-0.05, 0) is 40.5 Å². The Morgan fingerprint density at radius 1 is 1.17 bits per heavy atom. The van der Waals surface area contributed by atoms with E-state index in [1.54, 1.807) is 14.2 Å². The second-order valence-corrected chi connectivity index (χ2v) is 4.59. The fourth-order valence-electron chi connectivity index (χ4n) is 1.43. The highest BCUT2D eigenvalue weighted by Gasteiger charge is 2.00. The summed E-state index contributed by atoms with van der Waals surface area (Å²) in [4.78, 5) is 0. The van der Waals surface area contributed by atoms with Crippen molar-refractivity contribution in [2.24, 2.45) is 0 Å². The molecule has 18 heavy (non-hydrogen) atoms. The first-order valence-corrected chi connectivity index (χ1v) is 6.71. The van der Waals surface area contributed by atoms with E-state index >= 15 is 0 Å². The molecule has 102 valence electrons. The molecule has 4 nitrogen and oxygen atoms in total. The Morgan fingerprint density at radius 3 is 2.67 bits per heavy atom. The second-order valence-electron chi connectivity index (χ2n) is 3.73. The van der Waals surface area contributed by atoms with Crippen molar-refractivity contribution in [2.75, 3.05) is 45.9 Å². The van der Waals surface area contributed by atoms with Gasteiger partial charge in [0, 0.05) is 25.9 Å². The van der Waals surface area contributed by atoms with E-state index in [4.69, 9.17) is 14.2 Å². The molecule has 0 radical (unpaired) electrons. The molecular formula is C13H20BrNO3. The largest absolute Gasteiger partial charge is 0.496 e. The number of anilines is 1. The Balaban J connectivity index is 2.17. The number of halogens is 1. The van der Waals surface area contributed by atoms with Gasteiger partial charge >= 0.3 is 0 Å². The van der Waals surface area contributed by atoms with Crippen LogP contribution in [0.4, 0.5) is 5.69 Å². The van der Waals surface area contributed by atoms with E-state index in [9.17, 15) is 0 Å². The number of benzene rings is 1. The molecule has 0 aromatic heterocycles. The van der Waals surface area contributed by atoms with Gasteiger partial charge in [0.25, 0.3) is 0 Å². The van der Waals surface area contributed by atoms with E-state index < -0.39 is 0 Å². The molecule has 0 fully saturated rings. The summed E-state index contributed by atoms with van der Waals surface area (Å²) in [5.41, 5.74) is 1.07. The third kappa shape index (κ3) is 5.71. The van der Waals surface area contributed by atoms with Gasteiger partial charge in [0.1, 0.15) is 5.75 Å². The van der Waals surface area contributed by atoms with Crippen molar-refractivity contribution in [3.05, 3.63) is 22.7 Å². The van der Waals surface area contributed by atoms with Crippen LogP contribution in [0.5, 0.6) is 5.75 Å². The molecule has 1 N–H and O–H groups in total. The van der Waals surface area contributed by atoms with Crippen LogP contribution in [0.1, 0.15) is 6.42 Å². The molecule has 0 aliphatic carbocycles. The van der Waals surface area contributed by atoms with Crippen molar-refractivity contribution in [1.82, 2.24) is 0 Å². The lowest BCUT2D eigenvalue weighted by Gasteiger charge is -2.09. The standard InChI is InChI=1S/C13H20BrNO3/c1-16-8-9-18-7-3-6-15-11-4-5-13(17-2)12(14)10-11/h4-5,10,15H,3,6-9H2,1-2H3. The van der Waals surface area contributed by atoms with Crippen LogP contribution >= 0.6 is 15.9 Å². The fourth-order valence-corrected chi connectivity index (χ4v) is 1.97. The zero-order valence-electron chi connectivity index (χ0n) is 10.9. The van der Waals surface area contributed by atoms with Crippen LogP contribution in [0.2, 0.25) is 0 Å². The van der Waals surface area contributed by atoms with Gasteiger partial charge in [-0.1, -0.05) is 0 Å². The third-order valence-electron chi connectivity index (χ3n) is 2.38. The molecule has 0 aliphatic heterocycles. The quantitative estimate of drug-likeness (QED) is 0.711. The molecule has 1 aromatic carbocycles. The molecule has 0 saturated carbocycles. The molecule has 1 aromatic rings. The van der Waals surface area contributed by atoms with Gasteiger partial charge in [-0.3, -0.25) is 0 Å². The van der Waals surface area contributed by atoms with Crippen LogP contribution < -0.4 is 10.1 Å². The molecule has 0 amide bonds. The number of hydrogen-bond acceptors (Lipinski definition) is 4. The van der Waals surface area contributed by atoms with Crippen molar-refractivity contribution >= 4 is 21.6 Å². The summed E-state index contributed by atoms with van der Waals surface area (Å²) in [5, 5.41) is 3.33. The van der Waals surface area contributed by atoms with Gasteiger partial charge in [0.05, 0.1) is 24.8 Å². The summed E-state index contributed by atoms with van der Waals surface area (Å²) in [6.45, 7) is 2.93. The van der Waals surface area contributed by atoms with Crippen molar-refractivity contribution < 1.29 is 14.2 Å². The molecule has 1 rings (SSSR count). The maximum absolute atomic E-state index is 5.38. The smallest absolute Gasteiger partial charge is 0.133 e. The molecule has 5 heteroatoms. The Labute approximate surface area is 117 Å². The van der Waals surface area contributed by atoms with E-state index in [1.165, 1.54) is 0 Å². The highest BCUT2D eigenvalue weighted by Crippen LogP contribution is 2.27. The summed E-state index contributed by atoms with van der Waals surface area (Å²) in [7, 11) is 3.33. The van der Waals surface area contributed by atoms with Crippen LogP contribution in [-0.2, 0) is 9.47 Å². The first kappa shape index (κ1) is 15.3. The average Bonchev–Trinajstić information content (AvgIpc) is 2.38. The fraction of sp³-hybridized carbons (Fsp3) is 0.538. The SMILES string of the molecule is COCCOCCCNc1ccc(OC)c(Br)c1. The molecule has 0 heterocycles. The van der Waals surface area contributed by atoms with E-state index in [-0.39, 0.29) is 0 Å². The Bertz CT molecular complexity index is 347. The first-order chi connectivity index (χ1) is 8.77. The molecule has 0 aliphatic rings. The topological polar surface area (TPSA) is 39.7 Å². The minimum absolute atomic E-state index is 0.652. The Hall–Kier alpha value is -0.780. The maximum atomic E-state index is 5.38. The van der Waals surface area contributed by atoms with Crippen molar-refractivity contribution in [1.29, 1.82) is 0 Å². The molecular weight excluding hydrogens is 298 g/mol. The van der Waals surface area contributed by atoms with Gasteiger partial charge in [0.2, 0.25) is 0 Å². The first-order valence-electron chi connectivity index (χ1n) is 5.92. The zero-order valence-corrected chi connectivity index (χ0v) is 12.5.